The lowest BCUT2D eigenvalue weighted by Gasteiger charge is -2.38. The maximum absolute atomic E-state index is 12.0. The van der Waals surface area contributed by atoms with Crippen molar-refractivity contribution in [2.75, 3.05) is 0 Å². The Morgan fingerprint density at radius 2 is 1.78 bits per heavy atom. The molecule has 0 radical (unpaired) electrons. The van der Waals surface area contributed by atoms with E-state index in [2.05, 4.69) is 5.32 Å². The Morgan fingerprint density at radius 1 is 1.22 bits per heavy atom. The molecular weight excluding hydrogens is 230 g/mol. The largest absolute Gasteiger partial charge is 0.508 e. The summed E-state index contributed by atoms with van der Waals surface area (Å²) in [5, 5.41) is 22.3. The Labute approximate surface area is 108 Å². The first-order valence-corrected chi connectivity index (χ1v) is 5.89. The van der Waals surface area contributed by atoms with Crippen LogP contribution in [-0.2, 0) is 0 Å². The summed E-state index contributed by atoms with van der Waals surface area (Å²) in [5.74, 6) is -0.235. The summed E-state index contributed by atoms with van der Waals surface area (Å²) in [6, 6.07) is 4.75. The molecule has 0 fully saturated rings. The van der Waals surface area contributed by atoms with Crippen LogP contribution in [0.15, 0.2) is 18.2 Å². The van der Waals surface area contributed by atoms with Crippen molar-refractivity contribution in [3.05, 3.63) is 29.3 Å². The predicted octanol–water partition coefficient (Wildman–Crippen LogP) is 1.98. The number of benzene rings is 1. The van der Waals surface area contributed by atoms with Crippen LogP contribution in [0, 0.1) is 6.92 Å². The van der Waals surface area contributed by atoms with Gasteiger partial charge in [0.1, 0.15) is 5.75 Å². The molecule has 0 aliphatic rings. The number of hydrogen-bond acceptors (Lipinski definition) is 3. The van der Waals surface area contributed by atoms with Gasteiger partial charge in [0.15, 0.2) is 0 Å². The summed E-state index contributed by atoms with van der Waals surface area (Å²) >= 11 is 0. The zero-order valence-corrected chi connectivity index (χ0v) is 11.5. The number of hydrogen-bond donors (Lipinski definition) is 3. The fourth-order valence-corrected chi connectivity index (χ4v) is 1.26. The number of aryl methyl sites for hydroxylation is 1. The standard InChI is InChI=1S/C14H21NO3/c1-9-6-7-10(8-11(9)16)12(17)15-13(2,3)14(4,5)18/h6-8,16,18H,1-5H3,(H,15,17). The molecule has 0 aromatic heterocycles. The third-order valence-corrected chi connectivity index (χ3v) is 3.43. The van der Waals surface area contributed by atoms with Crippen LogP contribution in [0.2, 0.25) is 0 Å². The summed E-state index contributed by atoms with van der Waals surface area (Å²) in [7, 11) is 0. The molecular formula is C14H21NO3. The van der Waals surface area contributed by atoms with Crippen molar-refractivity contribution in [3.8, 4) is 5.75 Å². The first-order chi connectivity index (χ1) is 8.04. The van der Waals surface area contributed by atoms with E-state index in [0.29, 0.717) is 11.1 Å². The van der Waals surface area contributed by atoms with Gasteiger partial charge in [0.05, 0.1) is 11.1 Å². The minimum absolute atomic E-state index is 0.0868. The molecule has 0 aliphatic heterocycles. The van der Waals surface area contributed by atoms with Crippen molar-refractivity contribution in [1.29, 1.82) is 0 Å². The van der Waals surface area contributed by atoms with E-state index in [-0.39, 0.29) is 11.7 Å². The highest BCUT2D eigenvalue weighted by atomic mass is 16.3. The molecule has 1 amide bonds. The molecule has 0 saturated carbocycles. The fraction of sp³-hybridized carbons (Fsp3) is 0.500. The van der Waals surface area contributed by atoms with Crippen LogP contribution in [0.4, 0.5) is 0 Å². The van der Waals surface area contributed by atoms with E-state index in [1.807, 2.05) is 0 Å². The van der Waals surface area contributed by atoms with Crippen LogP contribution in [0.1, 0.15) is 43.6 Å². The summed E-state index contributed by atoms with van der Waals surface area (Å²) < 4.78 is 0. The minimum atomic E-state index is -1.05. The number of nitrogens with one attached hydrogen (secondary N) is 1. The molecule has 0 atom stereocenters. The Morgan fingerprint density at radius 3 is 2.22 bits per heavy atom. The number of phenolic OH excluding ortho intramolecular Hbond substituents is 1. The van der Waals surface area contributed by atoms with E-state index in [0.717, 1.165) is 0 Å². The van der Waals surface area contributed by atoms with E-state index < -0.39 is 11.1 Å². The fourth-order valence-electron chi connectivity index (χ4n) is 1.26. The van der Waals surface area contributed by atoms with Crippen molar-refractivity contribution in [2.45, 2.75) is 45.8 Å². The van der Waals surface area contributed by atoms with Gasteiger partial charge in [0, 0.05) is 5.56 Å². The van der Waals surface area contributed by atoms with Gasteiger partial charge in [-0.3, -0.25) is 4.79 Å². The first kappa shape index (κ1) is 14.5. The van der Waals surface area contributed by atoms with Crippen LogP contribution >= 0.6 is 0 Å². The average molecular weight is 251 g/mol. The molecule has 3 N–H and O–H groups in total. The van der Waals surface area contributed by atoms with Gasteiger partial charge >= 0.3 is 0 Å². The smallest absolute Gasteiger partial charge is 0.251 e. The highest BCUT2D eigenvalue weighted by Crippen LogP contribution is 2.22. The predicted molar refractivity (Wildman–Crippen MR) is 70.7 cm³/mol. The SMILES string of the molecule is Cc1ccc(C(=O)NC(C)(C)C(C)(C)O)cc1O. The van der Waals surface area contributed by atoms with Crippen molar-refractivity contribution in [1.82, 2.24) is 5.32 Å². The number of carbonyl (C=O) groups is 1. The monoisotopic (exact) mass is 251 g/mol. The molecule has 1 aromatic carbocycles. The van der Waals surface area contributed by atoms with Crippen molar-refractivity contribution < 1.29 is 15.0 Å². The molecule has 0 bridgehead atoms. The molecule has 0 spiro atoms. The van der Waals surface area contributed by atoms with Crippen LogP contribution in [0.25, 0.3) is 0 Å². The first-order valence-electron chi connectivity index (χ1n) is 5.89. The van der Waals surface area contributed by atoms with Gasteiger partial charge < -0.3 is 15.5 Å². The third kappa shape index (κ3) is 3.01. The van der Waals surface area contributed by atoms with Gasteiger partial charge in [-0.2, -0.15) is 0 Å². The van der Waals surface area contributed by atoms with E-state index in [1.165, 1.54) is 6.07 Å². The maximum atomic E-state index is 12.0. The van der Waals surface area contributed by atoms with Gasteiger partial charge in [-0.05, 0) is 52.3 Å². The average Bonchev–Trinajstić information content (AvgIpc) is 2.19. The molecule has 0 heterocycles. The molecule has 1 rings (SSSR count). The highest BCUT2D eigenvalue weighted by molar-refractivity contribution is 5.95. The number of carbonyl (C=O) groups excluding carboxylic acids is 1. The van der Waals surface area contributed by atoms with E-state index in [4.69, 9.17) is 0 Å². The van der Waals surface area contributed by atoms with E-state index >= 15 is 0 Å². The lowest BCUT2D eigenvalue weighted by Crippen LogP contribution is -2.57. The molecule has 0 aliphatic carbocycles. The number of aliphatic hydroxyl groups is 1. The van der Waals surface area contributed by atoms with Crippen LogP contribution < -0.4 is 5.32 Å². The van der Waals surface area contributed by atoms with Crippen molar-refractivity contribution in [2.24, 2.45) is 0 Å². The quantitative estimate of drug-likeness (QED) is 0.769. The number of rotatable bonds is 3. The lowest BCUT2D eigenvalue weighted by atomic mass is 9.85. The van der Waals surface area contributed by atoms with Crippen molar-refractivity contribution in [3.63, 3.8) is 0 Å². The topological polar surface area (TPSA) is 69.6 Å². The number of aromatic hydroxyl groups is 1. The van der Waals surface area contributed by atoms with Crippen molar-refractivity contribution >= 4 is 5.91 Å². The third-order valence-electron chi connectivity index (χ3n) is 3.43. The summed E-state index contributed by atoms with van der Waals surface area (Å²) in [6.45, 7) is 8.54. The molecule has 18 heavy (non-hydrogen) atoms. The summed E-state index contributed by atoms with van der Waals surface area (Å²) in [6.07, 6.45) is 0. The van der Waals surface area contributed by atoms with E-state index in [1.54, 1.807) is 46.8 Å². The highest BCUT2D eigenvalue weighted by Gasteiger charge is 2.36. The van der Waals surface area contributed by atoms with Gasteiger partial charge in [-0.25, -0.2) is 0 Å². The van der Waals surface area contributed by atoms with Gasteiger partial charge in [-0.1, -0.05) is 6.07 Å². The van der Waals surface area contributed by atoms with Crippen LogP contribution in [0.3, 0.4) is 0 Å². The molecule has 1 aromatic rings. The second-order valence-electron chi connectivity index (χ2n) is 5.64. The number of amides is 1. The summed E-state index contributed by atoms with van der Waals surface area (Å²) in [5.41, 5.74) is -0.733. The normalized spacial score (nSPS) is 12.3. The van der Waals surface area contributed by atoms with E-state index in [9.17, 15) is 15.0 Å². The van der Waals surface area contributed by atoms with Gasteiger partial charge in [0.2, 0.25) is 0 Å². The maximum Gasteiger partial charge on any atom is 0.251 e. The summed E-state index contributed by atoms with van der Waals surface area (Å²) in [4.78, 5) is 12.0. The Kier molecular flexibility index (Phi) is 3.72. The minimum Gasteiger partial charge on any atom is -0.508 e. The Hall–Kier alpha value is -1.55. The Bertz CT molecular complexity index is 459. The van der Waals surface area contributed by atoms with Crippen LogP contribution in [-0.4, -0.2) is 27.3 Å². The zero-order valence-electron chi connectivity index (χ0n) is 11.5. The molecule has 100 valence electrons. The molecule has 4 nitrogen and oxygen atoms in total. The van der Waals surface area contributed by atoms with Crippen LogP contribution in [0.5, 0.6) is 5.75 Å². The Balaban J connectivity index is 2.93. The second kappa shape index (κ2) is 4.61. The number of phenols is 1. The molecule has 0 saturated heterocycles. The van der Waals surface area contributed by atoms with Gasteiger partial charge in [0.25, 0.3) is 5.91 Å². The lowest BCUT2D eigenvalue weighted by molar-refractivity contribution is -0.00293. The van der Waals surface area contributed by atoms with Gasteiger partial charge in [-0.15, -0.1) is 0 Å². The molecule has 0 unspecified atom stereocenters. The zero-order chi connectivity index (χ0) is 14.1. The second-order valence-corrected chi connectivity index (χ2v) is 5.64. The molecule has 4 heteroatoms.